The first-order valence-electron chi connectivity index (χ1n) is 6.81. The van der Waals surface area contributed by atoms with Crippen LogP contribution in [0.2, 0.25) is 0 Å². The van der Waals surface area contributed by atoms with Crippen LogP contribution in [0.15, 0.2) is 12.1 Å². The average molecular weight is 293 g/mol. The fourth-order valence-electron chi connectivity index (χ4n) is 1.99. The number of hydrogen-bond acceptors (Lipinski definition) is 3. The number of nitrogens with one attached hydrogen (secondary N) is 1. The highest BCUT2D eigenvalue weighted by atomic mass is 16.6. The van der Waals surface area contributed by atoms with Crippen molar-refractivity contribution in [3.05, 3.63) is 34.4 Å². The summed E-state index contributed by atoms with van der Waals surface area (Å²) >= 11 is 0. The zero-order valence-electron chi connectivity index (χ0n) is 13.4. The van der Waals surface area contributed by atoms with Gasteiger partial charge < -0.3 is 15.2 Å². The molecule has 1 amide bonds. The molecule has 1 unspecified atom stereocenters. The summed E-state index contributed by atoms with van der Waals surface area (Å²) in [5, 5.41) is 11.8. The topological polar surface area (TPSA) is 75.6 Å². The number of ether oxygens (including phenoxy) is 1. The Balaban J connectivity index is 3.06. The molecule has 0 bridgehead atoms. The zero-order valence-corrected chi connectivity index (χ0v) is 13.4. The third-order valence-electron chi connectivity index (χ3n) is 3.10. The Morgan fingerprint density at radius 3 is 2.10 bits per heavy atom. The van der Waals surface area contributed by atoms with Crippen molar-refractivity contribution < 1.29 is 19.4 Å². The summed E-state index contributed by atoms with van der Waals surface area (Å²) in [6.45, 7) is 10.9. The highest BCUT2D eigenvalue weighted by molar-refractivity contribution is 5.82. The molecule has 0 fully saturated rings. The van der Waals surface area contributed by atoms with E-state index in [4.69, 9.17) is 4.74 Å². The predicted octanol–water partition coefficient (Wildman–Crippen LogP) is 3.26. The first kappa shape index (κ1) is 17.0. The molecule has 0 aliphatic carbocycles. The van der Waals surface area contributed by atoms with Crippen LogP contribution in [0.5, 0.6) is 0 Å². The normalized spacial score (nSPS) is 12.7. The van der Waals surface area contributed by atoms with Gasteiger partial charge in [-0.25, -0.2) is 9.59 Å². The number of rotatable bonds is 3. The van der Waals surface area contributed by atoms with E-state index in [1.807, 2.05) is 26.8 Å². The van der Waals surface area contributed by atoms with Crippen molar-refractivity contribution in [2.45, 2.75) is 53.2 Å². The van der Waals surface area contributed by atoms with Gasteiger partial charge in [0.05, 0.1) is 0 Å². The second kappa shape index (κ2) is 6.16. The van der Waals surface area contributed by atoms with E-state index in [0.717, 1.165) is 16.7 Å². The molecule has 116 valence electrons. The third kappa shape index (κ3) is 4.77. The molecular formula is C16H23NO4. The number of carbonyl (C=O) groups excluding carboxylic acids is 1. The number of carbonyl (C=O) groups is 2. The quantitative estimate of drug-likeness (QED) is 0.897. The Morgan fingerprint density at radius 1 is 1.10 bits per heavy atom. The van der Waals surface area contributed by atoms with E-state index in [9.17, 15) is 14.7 Å². The van der Waals surface area contributed by atoms with E-state index in [1.54, 1.807) is 26.8 Å². The van der Waals surface area contributed by atoms with Crippen molar-refractivity contribution >= 4 is 12.1 Å². The number of hydrogen-bond donors (Lipinski definition) is 2. The fraction of sp³-hybridized carbons (Fsp3) is 0.500. The van der Waals surface area contributed by atoms with Gasteiger partial charge in [0.1, 0.15) is 5.60 Å². The molecule has 0 radical (unpaired) electrons. The summed E-state index contributed by atoms with van der Waals surface area (Å²) in [5.41, 5.74) is 2.77. The Hall–Kier alpha value is -2.04. The molecule has 5 heteroatoms. The molecule has 1 aromatic carbocycles. The predicted molar refractivity (Wildman–Crippen MR) is 80.4 cm³/mol. The summed E-state index contributed by atoms with van der Waals surface area (Å²) in [6, 6.07) is 2.58. The first-order valence-corrected chi connectivity index (χ1v) is 6.81. The number of alkyl carbamates (subject to hydrolysis) is 1. The molecule has 2 N–H and O–H groups in total. The van der Waals surface area contributed by atoms with Crippen LogP contribution in [0, 0.1) is 20.8 Å². The molecule has 0 aliphatic rings. The van der Waals surface area contributed by atoms with Crippen LogP contribution < -0.4 is 5.32 Å². The van der Waals surface area contributed by atoms with Crippen molar-refractivity contribution in [2.75, 3.05) is 0 Å². The molecule has 0 aromatic heterocycles. The number of aliphatic carboxylic acids is 1. The summed E-state index contributed by atoms with van der Waals surface area (Å²) < 4.78 is 5.12. The van der Waals surface area contributed by atoms with Gasteiger partial charge >= 0.3 is 12.1 Å². The molecule has 1 atom stereocenters. The van der Waals surface area contributed by atoms with Gasteiger partial charge in [-0.3, -0.25) is 0 Å². The first-order chi connectivity index (χ1) is 9.51. The molecule has 1 aromatic rings. The summed E-state index contributed by atoms with van der Waals surface area (Å²) in [6.07, 6.45) is -0.743. The largest absolute Gasteiger partial charge is 0.479 e. The standard InChI is InChI=1S/C16H23NO4/c1-9-7-11(3)12(8-10(9)2)13(14(18)19)17-15(20)21-16(4,5)6/h7-8,13H,1-6H3,(H,17,20)(H,18,19). The molecule has 0 heterocycles. The summed E-state index contributed by atoms with van der Waals surface area (Å²) in [5.74, 6) is -1.12. The number of benzene rings is 1. The molecule has 0 aliphatic heterocycles. The maximum absolute atomic E-state index is 11.8. The van der Waals surface area contributed by atoms with E-state index in [-0.39, 0.29) is 0 Å². The molecule has 0 spiro atoms. The molecule has 1 rings (SSSR count). The van der Waals surface area contributed by atoms with Gasteiger partial charge in [0, 0.05) is 0 Å². The Bertz CT molecular complexity index is 558. The van der Waals surface area contributed by atoms with E-state index < -0.39 is 23.7 Å². The van der Waals surface area contributed by atoms with Gasteiger partial charge in [0.2, 0.25) is 0 Å². The number of aryl methyl sites for hydroxylation is 3. The maximum atomic E-state index is 11.8. The lowest BCUT2D eigenvalue weighted by atomic mass is 9.96. The fourth-order valence-corrected chi connectivity index (χ4v) is 1.99. The minimum atomic E-state index is -1.13. The van der Waals surface area contributed by atoms with E-state index in [1.165, 1.54) is 0 Å². The van der Waals surface area contributed by atoms with Crippen LogP contribution in [-0.2, 0) is 9.53 Å². The summed E-state index contributed by atoms with van der Waals surface area (Å²) in [7, 11) is 0. The van der Waals surface area contributed by atoms with Crippen LogP contribution in [-0.4, -0.2) is 22.8 Å². The molecule has 0 saturated heterocycles. The van der Waals surface area contributed by atoms with Gasteiger partial charge in [-0.1, -0.05) is 12.1 Å². The average Bonchev–Trinajstić information content (AvgIpc) is 2.28. The van der Waals surface area contributed by atoms with Crippen LogP contribution in [0.3, 0.4) is 0 Å². The maximum Gasteiger partial charge on any atom is 0.408 e. The lowest BCUT2D eigenvalue weighted by Crippen LogP contribution is -2.38. The Labute approximate surface area is 125 Å². The van der Waals surface area contributed by atoms with Crippen LogP contribution in [0.1, 0.15) is 49.1 Å². The minimum Gasteiger partial charge on any atom is -0.479 e. The van der Waals surface area contributed by atoms with Crippen LogP contribution >= 0.6 is 0 Å². The van der Waals surface area contributed by atoms with Crippen molar-refractivity contribution in [1.29, 1.82) is 0 Å². The van der Waals surface area contributed by atoms with Gasteiger partial charge in [-0.05, 0) is 63.8 Å². The monoisotopic (exact) mass is 293 g/mol. The van der Waals surface area contributed by atoms with E-state index in [2.05, 4.69) is 5.32 Å². The molecule has 21 heavy (non-hydrogen) atoms. The van der Waals surface area contributed by atoms with Crippen molar-refractivity contribution in [3.8, 4) is 0 Å². The van der Waals surface area contributed by atoms with Crippen LogP contribution in [0.25, 0.3) is 0 Å². The molecule has 5 nitrogen and oxygen atoms in total. The number of amides is 1. The highest BCUT2D eigenvalue weighted by Gasteiger charge is 2.26. The van der Waals surface area contributed by atoms with Crippen molar-refractivity contribution in [2.24, 2.45) is 0 Å². The van der Waals surface area contributed by atoms with Crippen molar-refractivity contribution in [1.82, 2.24) is 5.32 Å². The second-order valence-electron chi connectivity index (χ2n) is 6.21. The van der Waals surface area contributed by atoms with Gasteiger partial charge in [-0.2, -0.15) is 0 Å². The lowest BCUT2D eigenvalue weighted by Gasteiger charge is -2.23. The zero-order chi connectivity index (χ0) is 16.4. The van der Waals surface area contributed by atoms with Gasteiger partial charge in [0.15, 0.2) is 6.04 Å². The van der Waals surface area contributed by atoms with Gasteiger partial charge in [-0.15, -0.1) is 0 Å². The Morgan fingerprint density at radius 2 is 1.62 bits per heavy atom. The minimum absolute atomic E-state index is 0.566. The number of carboxylic acid groups (broad SMARTS) is 1. The number of carboxylic acids is 1. The Kier molecular flexibility index (Phi) is 4.99. The van der Waals surface area contributed by atoms with Gasteiger partial charge in [0.25, 0.3) is 0 Å². The molecule has 0 saturated carbocycles. The lowest BCUT2D eigenvalue weighted by molar-refractivity contribution is -0.139. The second-order valence-corrected chi connectivity index (χ2v) is 6.21. The highest BCUT2D eigenvalue weighted by Crippen LogP contribution is 2.22. The van der Waals surface area contributed by atoms with E-state index in [0.29, 0.717) is 5.56 Å². The third-order valence-corrected chi connectivity index (χ3v) is 3.10. The van der Waals surface area contributed by atoms with Crippen LogP contribution in [0.4, 0.5) is 4.79 Å². The molecular weight excluding hydrogens is 270 g/mol. The SMILES string of the molecule is Cc1cc(C)c(C(NC(=O)OC(C)(C)C)C(=O)O)cc1C. The van der Waals surface area contributed by atoms with Crippen molar-refractivity contribution in [3.63, 3.8) is 0 Å². The smallest absolute Gasteiger partial charge is 0.408 e. The van der Waals surface area contributed by atoms with E-state index >= 15 is 0 Å². The summed E-state index contributed by atoms with van der Waals surface area (Å²) in [4.78, 5) is 23.3.